The van der Waals surface area contributed by atoms with Gasteiger partial charge in [-0.3, -0.25) is 4.98 Å². The zero-order chi connectivity index (χ0) is 14.8. The maximum atomic E-state index is 12.2. The predicted octanol–water partition coefficient (Wildman–Crippen LogP) is 1.28. The van der Waals surface area contributed by atoms with E-state index < -0.39 is 27.7 Å². The molecule has 0 amide bonds. The van der Waals surface area contributed by atoms with Crippen LogP contribution in [0.5, 0.6) is 0 Å². The Kier molecular flexibility index (Phi) is 4.12. The normalized spacial score (nSPS) is 13.1. The van der Waals surface area contributed by atoms with Crippen molar-refractivity contribution in [2.24, 2.45) is 0 Å². The molecule has 2 aromatic rings. The molecular weight excluding hydrogens is 302 g/mol. The van der Waals surface area contributed by atoms with Gasteiger partial charge in [0.05, 0.1) is 17.2 Å². The fourth-order valence-corrected chi connectivity index (χ4v) is 3.92. The van der Waals surface area contributed by atoms with Gasteiger partial charge in [0.25, 0.3) is 10.0 Å². The van der Waals surface area contributed by atoms with E-state index in [9.17, 15) is 13.2 Å². The van der Waals surface area contributed by atoms with E-state index in [1.165, 1.54) is 5.51 Å². The molecule has 7 nitrogen and oxygen atoms in total. The van der Waals surface area contributed by atoms with Crippen LogP contribution in [0.1, 0.15) is 29.1 Å². The minimum absolute atomic E-state index is 0.312. The van der Waals surface area contributed by atoms with Gasteiger partial charge in [0.2, 0.25) is 0 Å². The summed E-state index contributed by atoms with van der Waals surface area (Å²) in [4.78, 5) is 18.5. The Balaban J connectivity index is 2.28. The lowest BCUT2D eigenvalue weighted by Gasteiger charge is -2.12. The number of carboxylic acids is 1. The first-order valence-electron chi connectivity index (χ1n) is 5.52. The molecule has 0 unspecified atom stereocenters. The van der Waals surface area contributed by atoms with Crippen molar-refractivity contribution >= 4 is 27.3 Å². The van der Waals surface area contributed by atoms with E-state index in [-0.39, 0.29) is 4.21 Å². The van der Waals surface area contributed by atoms with Crippen molar-refractivity contribution in [3.63, 3.8) is 0 Å². The summed E-state index contributed by atoms with van der Waals surface area (Å²) in [6.07, 6.45) is 1.55. The molecule has 9 heteroatoms. The largest absolute Gasteiger partial charge is 0.476 e. The zero-order valence-corrected chi connectivity index (χ0v) is 12.0. The number of nitrogens with zero attached hydrogens (tertiary/aromatic N) is 2. The average Bonchev–Trinajstić information content (AvgIpc) is 2.89. The molecule has 106 valence electrons. The molecule has 0 saturated carbocycles. The van der Waals surface area contributed by atoms with Crippen molar-refractivity contribution in [2.45, 2.75) is 17.2 Å². The second kappa shape index (κ2) is 5.65. The van der Waals surface area contributed by atoms with Crippen molar-refractivity contribution in [1.29, 1.82) is 0 Å². The molecule has 0 bridgehead atoms. The number of nitrogens with one attached hydrogen (secondary N) is 1. The van der Waals surface area contributed by atoms with E-state index in [2.05, 4.69) is 14.7 Å². The highest BCUT2D eigenvalue weighted by Crippen LogP contribution is 2.22. The second-order valence-electron chi connectivity index (χ2n) is 3.89. The quantitative estimate of drug-likeness (QED) is 0.860. The molecule has 2 aromatic heterocycles. The number of aromatic nitrogens is 2. The Morgan fingerprint density at radius 1 is 1.40 bits per heavy atom. The van der Waals surface area contributed by atoms with Crippen LogP contribution in [-0.4, -0.2) is 29.5 Å². The third-order valence-electron chi connectivity index (χ3n) is 2.44. The third-order valence-corrected chi connectivity index (χ3v) is 5.36. The summed E-state index contributed by atoms with van der Waals surface area (Å²) < 4.78 is 26.4. The molecule has 0 fully saturated rings. The Bertz CT molecular complexity index is 712. The summed E-state index contributed by atoms with van der Waals surface area (Å²) in [5.74, 6) is -1.38. The first kappa shape index (κ1) is 14.6. The molecule has 0 aromatic carbocycles. The van der Waals surface area contributed by atoms with Crippen molar-refractivity contribution in [1.82, 2.24) is 14.7 Å². The number of sulfonamides is 1. The van der Waals surface area contributed by atoms with E-state index >= 15 is 0 Å². The monoisotopic (exact) mass is 313 g/mol. The fourth-order valence-electron chi connectivity index (χ4n) is 1.55. The number of pyridine rings is 1. The molecule has 2 rings (SSSR count). The van der Waals surface area contributed by atoms with Gasteiger partial charge in [0.1, 0.15) is 0 Å². The number of aromatic carboxylic acids is 1. The summed E-state index contributed by atoms with van der Waals surface area (Å²) >= 11 is 0.759. The molecule has 2 N–H and O–H groups in total. The molecule has 20 heavy (non-hydrogen) atoms. The first-order chi connectivity index (χ1) is 9.42. The average molecular weight is 313 g/mol. The van der Waals surface area contributed by atoms with Crippen LogP contribution in [0.2, 0.25) is 0 Å². The van der Waals surface area contributed by atoms with Crippen LogP contribution < -0.4 is 4.72 Å². The highest BCUT2D eigenvalue weighted by molar-refractivity contribution is 7.91. The topological polar surface area (TPSA) is 109 Å². The van der Waals surface area contributed by atoms with E-state index in [0.717, 1.165) is 11.3 Å². The predicted molar refractivity (Wildman–Crippen MR) is 72.0 cm³/mol. The van der Waals surface area contributed by atoms with E-state index in [4.69, 9.17) is 5.11 Å². The Morgan fingerprint density at radius 3 is 2.75 bits per heavy atom. The smallest absolute Gasteiger partial charge is 0.356 e. The lowest BCUT2D eigenvalue weighted by molar-refractivity contribution is 0.0687. The molecule has 0 aliphatic rings. The number of carbonyl (C=O) groups is 1. The van der Waals surface area contributed by atoms with Gasteiger partial charge in [-0.15, -0.1) is 11.3 Å². The van der Waals surface area contributed by atoms with Crippen LogP contribution >= 0.6 is 11.3 Å². The lowest BCUT2D eigenvalue weighted by Crippen LogP contribution is -2.28. The van der Waals surface area contributed by atoms with Gasteiger partial charge in [-0.2, -0.15) is 0 Å². The molecule has 0 spiro atoms. The van der Waals surface area contributed by atoms with Crippen LogP contribution in [0.3, 0.4) is 0 Å². The van der Waals surface area contributed by atoms with Crippen LogP contribution in [0.15, 0.2) is 34.1 Å². The second-order valence-corrected chi connectivity index (χ2v) is 6.66. The summed E-state index contributed by atoms with van der Waals surface area (Å²) in [7, 11) is -3.95. The lowest BCUT2D eigenvalue weighted by atomic mass is 10.2. The third kappa shape index (κ3) is 3.00. The molecular formula is C11H11N3O4S2. The van der Waals surface area contributed by atoms with Gasteiger partial charge in [-0.05, 0) is 19.1 Å². The van der Waals surface area contributed by atoms with Crippen LogP contribution in [-0.2, 0) is 10.0 Å². The van der Waals surface area contributed by atoms with Gasteiger partial charge in [0.15, 0.2) is 9.90 Å². The number of hydrogen-bond donors (Lipinski definition) is 2. The number of hydrogen-bond acceptors (Lipinski definition) is 6. The molecule has 0 radical (unpaired) electrons. The minimum Gasteiger partial charge on any atom is -0.476 e. The fraction of sp³-hybridized carbons (Fsp3) is 0.182. The van der Waals surface area contributed by atoms with Gasteiger partial charge in [-0.1, -0.05) is 6.07 Å². The Morgan fingerprint density at radius 2 is 2.15 bits per heavy atom. The highest BCUT2D eigenvalue weighted by atomic mass is 32.2. The van der Waals surface area contributed by atoms with Crippen molar-refractivity contribution in [2.75, 3.05) is 0 Å². The first-order valence-corrected chi connectivity index (χ1v) is 7.88. The van der Waals surface area contributed by atoms with Gasteiger partial charge < -0.3 is 5.11 Å². The maximum absolute atomic E-state index is 12.2. The van der Waals surface area contributed by atoms with E-state index in [1.54, 1.807) is 31.3 Å². The Hall–Kier alpha value is -1.84. The number of thiazole rings is 1. The maximum Gasteiger partial charge on any atom is 0.356 e. The SMILES string of the molecule is C[C@@H](NS(=O)(=O)c1scnc1C(=O)O)c1ccccn1. The van der Waals surface area contributed by atoms with Crippen LogP contribution in [0, 0.1) is 0 Å². The van der Waals surface area contributed by atoms with Crippen molar-refractivity contribution < 1.29 is 18.3 Å². The standard InChI is InChI=1S/C11H11N3O4S2/c1-7(8-4-2-3-5-12-8)14-20(17,18)11-9(10(15)16)13-6-19-11/h2-7,14H,1H3,(H,15,16)/t7-/m1/s1. The Labute approximate surface area is 119 Å². The summed E-state index contributed by atoms with van der Waals surface area (Å²) in [5.41, 5.74) is 1.25. The van der Waals surface area contributed by atoms with Gasteiger partial charge in [-0.25, -0.2) is 22.9 Å². The molecule has 2 heterocycles. The van der Waals surface area contributed by atoms with Gasteiger partial charge >= 0.3 is 5.97 Å². The molecule has 0 aliphatic heterocycles. The number of carboxylic acid groups (broad SMARTS) is 1. The highest BCUT2D eigenvalue weighted by Gasteiger charge is 2.27. The molecule has 0 aliphatic carbocycles. The minimum atomic E-state index is -3.95. The molecule has 0 saturated heterocycles. The van der Waals surface area contributed by atoms with Crippen LogP contribution in [0.4, 0.5) is 0 Å². The summed E-state index contributed by atoms with van der Waals surface area (Å²) in [6.45, 7) is 1.63. The summed E-state index contributed by atoms with van der Waals surface area (Å²) in [6, 6.07) is 4.56. The van der Waals surface area contributed by atoms with Crippen molar-refractivity contribution in [3.05, 3.63) is 41.3 Å². The summed E-state index contributed by atoms with van der Waals surface area (Å²) in [5, 5.41) is 8.91. The molecule has 1 atom stereocenters. The van der Waals surface area contributed by atoms with E-state index in [1.807, 2.05) is 0 Å². The van der Waals surface area contributed by atoms with Gasteiger partial charge in [0, 0.05) is 6.20 Å². The van der Waals surface area contributed by atoms with Crippen LogP contribution in [0.25, 0.3) is 0 Å². The number of rotatable bonds is 5. The van der Waals surface area contributed by atoms with Crippen molar-refractivity contribution in [3.8, 4) is 0 Å². The van der Waals surface area contributed by atoms with E-state index in [0.29, 0.717) is 5.69 Å². The zero-order valence-electron chi connectivity index (χ0n) is 10.3.